The number of nitrogens with zero attached hydrogens (tertiary/aromatic N) is 2. The summed E-state index contributed by atoms with van der Waals surface area (Å²) in [4.78, 5) is 12.1. The van der Waals surface area contributed by atoms with Gasteiger partial charge in [0.15, 0.2) is 5.11 Å². The molecule has 2 atom stereocenters. The van der Waals surface area contributed by atoms with Gasteiger partial charge in [0, 0.05) is 13.7 Å². The van der Waals surface area contributed by atoms with Gasteiger partial charge in [0.05, 0.1) is 12.6 Å². The van der Waals surface area contributed by atoms with Crippen LogP contribution in [-0.4, -0.2) is 42.4 Å². The summed E-state index contributed by atoms with van der Waals surface area (Å²) in [5.41, 5.74) is 5.49. The van der Waals surface area contributed by atoms with Gasteiger partial charge in [-0.15, -0.1) is 0 Å². The molecule has 5 nitrogen and oxygen atoms in total. The summed E-state index contributed by atoms with van der Waals surface area (Å²) in [6.07, 6.45) is 0.675. The molecular formula is C7H13N3O2S. The number of likely N-dealkylation sites (tertiary alicyclic amines) is 1. The first-order valence-corrected chi connectivity index (χ1v) is 4.47. The molecule has 0 unspecified atom stereocenters. The van der Waals surface area contributed by atoms with Crippen LogP contribution in [0.4, 0.5) is 0 Å². The van der Waals surface area contributed by atoms with Crippen LogP contribution < -0.4 is 5.73 Å². The van der Waals surface area contributed by atoms with E-state index in [9.17, 15) is 4.91 Å². The van der Waals surface area contributed by atoms with Crippen LogP contribution in [0.25, 0.3) is 0 Å². The lowest BCUT2D eigenvalue weighted by Gasteiger charge is -2.23. The van der Waals surface area contributed by atoms with Gasteiger partial charge in [-0.05, 0) is 18.6 Å². The summed E-state index contributed by atoms with van der Waals surface area (Å²) >= 11 is 4.85. The fourth-order valence-corrected chi connectivity index (χ4v) is 1.81. The highest BCUT2D eigenvalue weighted by atomic mass is 32.1. The van der Waals surface area contributed by atoms with Crippen LogP contribution in [0.5, 0.6) is 0 Å². The first kappa shape index (κ1) is 10.3. The topological polar surface area (TPSA) is 67.9 Å². The van der Waals surface area contributed by atoms with E-state index in [2.05, 4.69) is 5.18 Å². The Hall–Kier alpha value is -0.750. The van der Waals surface area contributed by atoms with E-state index in [1.54, 1.807) is 12.0 Å². The number of nitroso groups, excluding NO2 is 1. The maximum atomic E-state index is 10.3. The molecule has 1 aliphatic heterocycles. The third-order valence-corrected chi connectivity index (χ3v) is 2.42. The smallest absolute Gasteiger partial charge is 0.166 e. The summed E-state index contributed by atoms with van der Waals surface area (Å²) in [5.74, 6) is 0. The molecule has 0 aromatic rings. The molecule has 0 bridgehead atoms. The Morgan fingerprint density at radius 2 is 2.54 bits per heavy atom. The number of hydrogen-bond acceptors (Lipinski definition) is 4. The first-order chi connectivity index (χ1) is 6.19. The highest BCUT2D eigenvalue weighted by Gasteiger charge is 2.33. The van der Waals surface area contributed by atoms with Crippen molar-refractivity contribution in [3.63, 3.8) is 0 Å². The highest BCUT2D eigenvalue weighted by molar-refractivity contribution is 7.80. The summed E-state index contributed by atoms with van der Waals surface area (Å²) in [6, 6.07) is -0.105. The lowest BCUT2D eigenvalue weighted by molar-refractivity contribution is 0.146. The Balaban J connectivity index is 2.59. The van der Waals surface area contributed by atoms with Crippen molar-refractivity contribution in [1.82, 2.24) is 4.90 Å². The fourth-order valence-electron chi connectivity index (χ4n) is 1.59. The molecule has 0 aromatic carbocycles. The van der Waals surface area contributed by atoms with Gasteiger partial charge in [-0.2, -0.15) is 4.91 Å². The standard InChI is InChI=1S/C7H13N3O2S/c1-12-4-6-2-5(9-11)3-10(6)7(8)13/h5-6H,2-4H2,1H3,(H2,8,13)/t5-,6-/m1/s1. The van der Waals surface area contributed by atoms with Gasteiger partial charge in [0.1, 0.15) is 6.04 Å². The average Bonchev–Trinajstić information content (AvgIpc) is 2.48. The fraction of sp³-hybridized carbons (Fsp3) is 0.857. The van der Waals surface area contributed by atoms with Crippen molar-refractivity contribution in [2.75, 3.05) is 20.3 Å². The molecule has 0 radical (unpaired) electrons. The van der Waals surface area contributed by atoms with E-state index < -0.39 is 0 Å². The molecule has 0 amide bonds. The molecule has 13 heavy (non-hydrogen) atoms. The minimum absolute atomic E-state index is 0.102. The molecular weight excluding hydrogens is 190 g/mol. The van der Waals surface area contributed by atoms with Crippen molar-refractivity contribution in [1.29, 1.82) is 0 Å². The minimum Gasteiger partial charge on any atom is -0.383 e. The van der Waals surface area contributed by atoms with Gasteiger partial charge in [-0.3, -0.25) is 0 Å². The maximum Gasteiger partial charge on any atom is 0.166 e. The molecule has 0 spiro atoms. The summed E-state index contributed by atoms with van der Waals surface area (Å²) < 4.78 is 5.00. The van der Waals surface area contributed by atoms with E-state index in [1.807, 2.05) is 0 Å². The number of methoxy groups -OCH3 is 1. The lowest BCUT2D eigenvalue weighted by atomic mass is 10.2. The molecule has 6 heteroatoms. The van der Waals surface area contributed by atoms with Gasteiger partial charge in [-0.25, -0.2) is 0 Å². The van der Waals surface area contributed by atoms with Crippen molar-refractivity contribution >= 4 is 17.3 Å². The molecule has 1 rings (SSSR count). The summed E-state index contributed by atoms with van der Waals surface area (Å²) in [6.45, 7) is 1.05. The van der Waals surface area contributed by atoms with E-state index >= 15 is 0 Å². The van der Waals surface area contributed by atoms with Crippen LogP contribution >= 0.6 is 12.2 Å². The van der Waals surface area contributed by atoms with Crippen molar-refractivity contribution < 1.29 is 4.74 Å². The number of hydrogen-bond donors (Lipinski definition) is 1. The van der Waals surface area contributed by atoms with Crippen molar-refractivity contribution in [3.8, 4) is 0 Å². The Kier molecular flexibility index (Phi) is 3.56. The molecule has 1 heterocycles. The van der Waals surface area contributed by atoms with Crippen molar-refractivity contribution in [3.05, 3.63) is 4.91 Å². The Bertz CT molecular complexity index is 212. The summed E-state index contributed by atoms with van der Waals surface area (Å²) in [7, 11) is 1.61. The van der Waals surface area contributed by atoms with Crippen molar-refractivity contribution in [2.45, 2.75) is 18.5 Å². The second-order valence-corrected chi connectivity index (χ2v) is 3.51. The van der Waals surface area contributed by atoms with E-state index in [4.69, 9.17) is 22.7 Å². The van der Waals surface area contributed by atoms with Gasteiger partial charge in [-0.1, -0.05) is 5.18 Å². The number of nitrogens with two attached hydrogens (primary N) is 1. The van der Waals surface area contributed by atoms with Crippen LogP contribution in [0.2, 0.25) is 0 Å². The van der Waals surface area contributed by atoms with Crippen LogP contribution in [0.1, 0.15) is 6.42 Å². The third-order valence-electron chi connectivity index (χ3n) is 2.18. The largest absolute Gasteiger partial charge is 0.383 e. The Morgan fingerprint density at radius 3 is 3.00 bits per heavy atom. The molecule has 0 saturated carbocycles. The Morgan fingerprint density at radius 1 is 1.85 bits per heavy atom. The molecule has 0 aromatic heterocycles. The lowest BCUT2D eigenvalue weighted by Crippen LogP contribution is -2.41. The molecule has 74 valence electrons. The SMILES string of the molecule is COC[C@H]1C[C@@H](N=O)CN1C(N)=S. The van der Waals surface area contributed by atoms with E-state index in [0.29, 0.717) is 24.7 Å². The second kappa shape index (κ2) is 4.48. The van der Waals surface area contributed by atoms with Crippen LogP contribution in [0.15, 0.2) is 5.18 Å². The molecule has 0 aliphatic carbocycles. The second-order valence-electron chi connectivity index (χ2n) is 3.09. The normalized spacial score (nSPS) is 27.6. The predicted octanol–water partition coefficient (Wildman–Crippen LogP) is 0.0857. The molecule has 1 aliphatic rings. The highest BCUT2D eigenvalue weighted by Crippen LogP contribution is 2.19. The minimum atomic E-state index is -0.207. The first-order valence-electron chi connectivity index (χ1n) is 4.06. The molecule has 1 fully saturated rings. The van der Waals surface area contributed by atoms with Crippen LogP contribution in [-0.2, 0) is 4.74 Å². The number of rotatable bonds is 3. The summed E-state index contributed by atoms with van der Waals surface area (Å²) in [5, 5.41) is 3.30. The van der Waals surface area contributed by atoms with Gasteiger partial charge in [0.2, 0.25) is 0 Å². The number of ether oxygens (including phenoxy) is 1. The quantitative estimate of drug-likeness (QED) is 0.520. The monoisotopic (exact) mass is 203 g/mol. The Labute approximate surface area is 82.2 Å². The van der Waals surface area contributed by atoms with Gasteiger partial charge >= 0.3 is 0 Å². The van der Waals surface area contributed by atoms with Gasteiger partial charge in [0.25, 0.3) is 0 Å². The van der Waals surface area contributed by atoms with Crippen LogP contribution in [0.3, 0.4) is 0 Å². The third kappa shape index (κ3) is 2.35. The van der Waals surface area contributed by atoms with E-state index in [0.717, 1.165) is 0 Å². The zero-order chi connectivity index (χ0) is 9.84. The van der Waals surface area contributed by atoms with E-state index in [1.165, 1.54) is 0 Å². The number of thiocarbonyl (C=S) groups is 1. The average molecular weight is 203 g/mol. The zero-order valence-electron chi connectivity index (χ0n) is 7.47. The molecule has 2 N–H and O–H groups in total. The van der Waals surface area contributed by atoms with Crippen LogP contribution in [0, 0.1) is 4.91 Å². The van der Waals surface area contributed by atoms with Crippen molar-refractivity contribution in [2.24, 2.45) is 10.9 Å². The van der Waals surface area contributed by atoms with Gasteiger partial charge < -0.3 is 15.4 Å². The zero-order valence-corrected chi connectivity index (χ0v) is 8.29. The molecule has 1 saturated heterocycles. The predicted molar refractivity (Wildman–Crippen MR) is 53.4 cm³/mol. The van der Waals surface area contributed by atoms with E-state index in [-0.39, 0.29) is 12.1 Å². The maximum absolute atomic E-state index is 10.3.